The van der Waals surface area contributed by atoms with Gasteiger partial charge in [0.25, 0.3) is 0 Å². The summed E-state index contributed by atoms with van der Waals surface area (Å²) in [6, 6.07) is 0. The van der Waals surface area contributed by atoms with Crippen molar-refractivity contribution in [3.63, 3.8) is 0 Å². The van der Waals surface area contributed by atoms with Crippen molar-refractivity contribution >= 4 is 5.97 Å². The van der Waals surface area contributed by atoms with Crippen LogP contribution in [0.3, 0.4) is 0 Å². The molecule has 0 radical (unpaired) electrons. The van der Waals surface area contributed by atoms with Crippen molar-refractivity contribution in [2.24, 2.45) is 0 Å². The Morgan fingerprint density at radius 1 is 1.58 bits per heavy atom. The molecule has 3 nitrogen and oxygen atoms in total. The number of hydrogen-bond acceptors (Lipinski definition) is 3. The summed E-state index contributed by atoms with van der Waals surface area (Å²) in [4.78, 5) is 11.0. The van der Waals surface area contributed by atoms with Crippen LogP contribution >= 0.6 is 0 Å². The Hall–Kier alpha value is -0.570. The molecule has 70 valence electrons. The normalized spacial score (nSPS) is 26.8. The second kappa shape index (κ2) is 4.45. The Morgan fingerprint density at radius 2 is 2.25 bits per heavy atom. The summed E-state index contributed by atoms with van der Waals surface area (Å²) in [5.41, 5.74) is 0. The molecule has 2 unspecified atom stereocenters. The molecule has 1 saturated heterocycles. The van der Waals surface area contributed by atoms with E-state index in [9.17, 15) is 4.79 Å². The van der Waals surface area contributed by atoms with Crippen LogP contribution in [0.2, 0.25) is 0 Å². The molecule has 0 amide bonds. The van der Waals surface area contributed by atoms with E-state index < -0.39 is 0 Å². The fourth-order valence-corrected chi connectivity index (χ4v) is 0.974. The highest BCUT2D eigenvalue weighted by Crippen LogP contribution is 2.20. The summed E-state index contributed by atoms with van der Waals surface area (Å²) in [6.45, 7) is 4.47. The SMILES string of the molecule is CCCCC(=O)OCC1OC1C. The molecule has 0 aromatic rings. The predicted octanol–water partition coefficient (Wildman–Crippen LogP) is 1.51. The molecule has 12 heavy (non-hydrogen) atoms. The van der Waals surface area contributed by atoms with Crippen LogP contribution in [0, 0.1) is 0 Å². The number of esters is 1. The standard InChI is InChI=1S/C9H16O3/c1-3-4-5-9(10)11-6-8-7(2)12-8/h7-8H,3-6H2,1-2H3. The van der Waals surface area contributed by atoms with Crippen LogP contribution in [0.5, 0.6) is 0 Å². The zero-order valence-electron chi connectivity index (χ0n) is 7.71. The fourth-order valence-electron chi connectivity index (χ4n) is 0.974. The first-order valence-corrected chi connectivity index (χ1v) is 4.55. The van der Waals surface area contributed by atoms with Crippen molar-refractivity contribution < 1.29 is 14.3 Å². The maximum atomic E-state index is 11.0. The van der Waals surface area contributed by atoms with Gasteiger partial charge in [-0.15, -0.1) is 0 Å². The summed E-state index contributed by atoms with van der Waals surface area (Å²) < 4.78 is 10.1. The highest BCUT2D eigenvalue weighted by atomic mass is 16.6. The van der Waals surface area contributed by atoms with Crippen LogP contribution in [0.25, 0.3) is 0 Å². The molecule has 1 heterocycles. The molecule has 0 aromatic heterocycles. The van der Waals surface area contributed by atoms with Gasteiger partial charge < -0.3 is 9.47 Å². The zero-order chi connectivity index (χ0) is 8.97. The number of epoxide rings is 1. The molecule has 1 fully saturated rings. The van der Waals surface area contributed by atoms with E-state index in [2.05, 4.69) is 6.92 Å². The topological polar surface area (TPSA) is 38.8 Å². The smallest absolute Gasteiger partial charge is 0.305 e. The van der Waals surface area contributed by atoms with Gasteiger partial charge in [-0.1, -0.05) is 13.3 Å². The summed E-state index contributed by atoms with van der Waals surface area (Å²) in [7, 11) is 0. The second-order valence-electron chi connectivity index (χ2n) is 3.17. The van der Waals surface area contributed by atoms with Crippen LogP contribution < -0.4 is 0 Å². The van der Waals surface area contributed by atoms with E-state index in [1.54, 1.807) is 0 Å². The van der Waals surface area contributed by atoms with Crippen molar-refractivity contribution in [3.8, 4) is 0 Å². The van der Waals surface area contributed by atoms with E-state index in [-0.39, 0.29) is 18.2 Å². The third kappa shape index (κ3) is 3.22. The van der Waals surface area contributed by atoms with Gasteiger partial charge in [-0.05, 0) is 13.3 Å². The van der Waals surface area contributed by atoms with Gasteiger partial charge in [0.15, 0.2) is 0 Å². The van der Waals surface area contributed by atoms with E-state index in [0.29, 0.717) is 13.0 Å². The molecule has 0 N–H and O–H groups in total. The first-order chi connectivity index (χ1) is 5.74. The first kappa shape index (κ1) is 9.52. The van der Waals surface area contributed by atoms with Gasteiger partial charge in [0.2, 0.25) is 0 Å². The van der Waals surface area contributed by atoms with E-state index in [1.807, 2.05) is 6.92 Å². The number of carbonyl (C=O) groups is 1. The molecule has 0 aromatic carbocycles. The average Bonchev–Trinajstić information content (AvgIpc) is 2.75. The zero-order valence-corrected chi connectivity index (χ0v) is 7.71. The van der Waals surface area contributed by atoms with Gasteiger partial charge in [-0.2, -0.15) is 0 Å². The van der Waals surface area contributed by atoms with Crippen molar-refractivity contribution in [1.82, 2.24) is 0 Å². The number of hydrogen-bond donors (Lipinski definition) is 0. The summed E-state index contributed by atoms with van der Waals surface area (Å²) in [5.74, 6) is -0.0976. The maximum absolute atomic E-state index is 11.0. The first-order valence-electron chi connectivity index (χ1n) is 4.55. The molecule has 1 rings (SSSR count). The number of unbranched alkanes of at least 4 members (excludes halogenated alkanes) is 1. The highest BCUT2D eigenvalue weighted by Gasteiger charge is 2.35. The van der Waals surface area contributed by atoms with Gasteiger partial charge in [-0.25, -0.2) is 0 Å². The van der Waals surface area contributed by atoms with Gasteiger partial charge in [-0.3, -0.25) is 4.79 Å². The van der Waals surface area contributed by atoms with Gasteiger partial charge in [0.05, 0.1) is 6.10 Å². The lowest BCUT2D eigenvalue weighted by Crippen LogP contribution is -2.10. The lowest BCUT2D eigenvalue weighted by atomic mass is 10.2. The minimum atomic E-state index is -0.0976. The molecule has 0 saturated carbocycles. The molecule has 0 aliphatic carbocycles. The fraction of sp³-hybridized carbons (Fsp3) is 0.889. The Kier molecular flexibility index (Phi) is 3.53. The minimum Gasteiger partial charge on any atom is -0.463 e. The van der Waals surface area contributed by atoms with E-state index in [0.717, 1.165) is 12.8 Å². The van der Waals surface area contributed by atoms with Crippen LogP contribution in [0.4, 0.5) is 0 Å². The van der Waals surface area contributed by atoms with Gasteiger partial charge >= 0.3 is 5.97 Å². The third-order valence-electron chi connectivity index (χ3n) is 1.98. The molecular weight excluding hydrogens is 156 g/mol. The van der Waals surface area contributed by atoms with E-state index in [4.69, 9.17) is 9.47 Å². The van der Waals surface area contributed by atoms with Crippen molar-refractivity contribution in [2.75, 3.05) is 6.61 Å². The Bertz CT molecular complexity index is 156. The lowest BCUT2D eigenvalue weighted by Gasteiger charge is -2.00. The number of ether oxygens (including phenoxy) is 2. The molecule has 2 atom stereocenters. The molecule has 0 bridgehead atoms. The Morgan fingerprint density at radius 3 is 2.75 bits per heavy atom. The van der Waals surface area contributed by atoms with E-state index >= 15 is 0 Å². The second-order valence-corrected chi connectivity index (χ2v) is 3.17. The maximum Gasteiger partial charge on any atom is 0.305 e. The molecule has 1 aliphatic heterocycles. The summed E-state index contributed by atoms with van der Waals surface area (Å²) in [6.07, 6.45) is 2.93. The van der Waals surface area contributed by atoms with Crippen LogP contribution in [0.15, 0.2) is 0 Å². The third-order valence-corrected chi connectivity index (χ3v) is 1.98. The molecular formula is C9H16O3. The molecule has 1 aliphatic rings. The quantitative estimate of drug-likeness (QED) is 0.466. The number of rotatable bonds is 5. The Balaban J connectivity index is 1.95. The Labute approximate surface area is 73.0 Å². The van der Waals surface area contributed by atoms with Crippen LogP contribution in [0.1, 0.15) is 33.1 Å². The van der Waals surface area contributed by atoms with Crippen molar-refractivity contribution in [2.45, 2.75) is 45.3 Å². The van der Waals surface area contributed by atoms with Crippen LogP contribution in [-0.4, -0.2) is 24.8 Å². The lowest BCUT2D eigenvalue weighted by molar-refractivity contribution is -0.144. The van der Waals surface area contributed by atoms with Crippen molar-refractivity contribution in [1.29, 1.82) is 0 Å². The monoisotopic (exact) mass is 172 g/mol. The molecule has 3 heteroatoms. The largest absolute Gasteiger partial charge is 0.463 e. The summed E-state index contributed by atoms with van der Waals surface area (Å²) in [5, 5.41) is 0. The number of carbonyl (C=O) groups excluding carboxylic acids is 1. The highest BCUT2D eigenvalue weighted by molar-refractivity contribution is 5.69. The predicted molar refractivity (Wildman–Crippen MR) is 44.8 cm³/mol. The summed E-state index contributed by atoms with van der Waals surface area (Å²) >= 11 is 0. The van der Waals surface area contributed by atoms with Gasteiger partial charge in [0, 0.05) is 6.42 Å². The van der Waals surface area contributed by atoms with E-state index in [1.165, 1.54) is 0 Å². The van der Waals surface area contributed by atoms with Gasteiger partial charge in [0.1, 0.15) is 12.7 Å². The van der Waals surface area contributed by atoms with Crippen molar-refractivity contribution in [3.05, 3.63) is 0 Å². The minimum absolute atomic E-state index is 0.0976. The molecule has 0 spiro atoms. The van der Waals surface area contributed by atoms with Crippen LogP contribution in [-0.2, 0) is 14.3 Å². The average molecular weight is 172 g/mol.